The Morgan fingerprint density at radius 1 is 0.776 bits per heavy atom. The van der Waals surface area contributed by atoms with Crippen LogP contribution < -0.4 is 4.90 Å². The number of rotatable bonds is 8. The lowest BCUT2D eigenvalue weighted by Crippen LogP contribution is -2.38. The fourth-order valence-electron chi connectivity index (χ4n) is 7.07. The normalized spacial score (nSPS) is 15.4. The van der Waals surface area contributed by atoms with Crippen LogP contribution in [0.4, 0.5) is 5.82 Å². The molecule has 0 bridgehead atoms. The predicted octanol–water partition coefficient (Wildman–Crippen LogP) is 8.34. The smallest absolute Gasteiger partial charge is 0.184 e. The molecule has 7 nitrogen and oxygen atoms in total. The van der Waals surface area contributed by atoms with Crippen LogP contribution in [0.1, 0.15) is 40.5 Å². The molecule has 1 unspecified atom stereocenters. The summed E-state index contributed by atoms with van der Waals surface area (Å²) in [4.78, 5) is 12.8. The summed E-state index contributed by atoms with van der Waals surface area (Å²) in [5.41, 5.74) is 5.45. The van der Waals surface area contributed by atoms with Gasteiger partial charge < -0.3 is 4.90 Å². The molecule has 1 atom stereocenters. The monoisotopic (exact) mass is 680 g/mol. The van der Waals surface area contributed by atoms with Crippen molar-refractivity contribution in [3.63, 3.8) is 0 Å². The minimum atomic E-state index is -3.28. The predicted molar refractivity (Wildman–Crippen MR) is 196 cm³/mol. The van der Waals surface area contributed by atoms with Crippen LogP contribution >= 0.6 is 11.3 Å². The highest BCUT2D eigenvalue weighted by atomic mass is 32.2. The maximum absolute atomic E-state index is 12.3. The molecule has 1 radical (unpaired) electrons. The molecule has 8 rings (SSSR count). The van der Waals surface area contributed by atoms with Crippen LogP contribution in [-0.4, -0.2) is 41.0 Å². The van der Waals surface area contributed by atoms with Crippen LogP contribution in [0.15, 0.2) is 144 Å². The molecule has 49 heavy (non-hydrogen) atoms. The summed E-state index contributed by atoms with van der Waals surface area (Å²) in [7, 11) is -3.28. The molecule has 0 spiro atoms. The molecule has 0 saturated carbocycles. The topological polar surface area (TPSA) is 81.0 Å². The van der Waals surface area contributed by atoms with E-state index in [1.165, 1.54) is 17.6 Å². The van der Waals surface area contributed by atoms with Gasteiger partial charge in [0.25, 0.3) is 0 Å². The summed E-state index contributed by atoms with van der Waals surface area (Å²) in [6.45, 7) is 0.777. The Hall–Kier alpha value is -5.12. The minimum absolute atomic E-state index is 0.0120. The van der Waals surface area contributed by atoms with Crippen molar-refractivity contribution in [3.05, 3.63) is 168 Å². The molecule has 1 aliphatic heterocycles. The number of thiophene rings is 1. The first-order chi connectivity index (χ1) is 23.9. The molecule has 9 heteroatoms. The zero-order valence-electron chi connectivity index (χ0n) is 26.9. The Labute approximate surface area is 290 Å². The van der Waals surface area contributed by atoms with Crippen molar-refractivity contribution >= 4 is 37.9 Å². The molecule has 243 valence electrons. The lowest BCUT2D eigenvalue weighted by atomic mass is 9.77. The van der Waals surface area contributed by atoms with Gasteiger partial charge in [-0.1, -0.05) is 97.1 Å². The Bertz CT molecular complexity index is 2240. The van der Waals surface area contributed by atoms with E-state index in [1.807, 2.05) is 36.5 Å². The third-order valence-electron chi connectivity index (χ3n) is 9.36. The molecule has 7 aromatic rings. The Morgan fingerprint density at radius 3 is 2.04 bits per heavy atom. The van der Waals surface area contributed by atoms with Gasteiger partial charge in [0.15, 0.2) is 9.84 Å². The number of aromatic nitrogens is 4. The van der Waals surface area contributed by atoms with Crippen LogP contribution in [0, 0.1) is 6.42 Å². The van der Waals surface area contributed by atoms with Gasteiger partial charge in [-0.05, 0) is 65.8 Å². The number of anilines is 1. The summed E-state index contributed by atoms with van der Waals surface area (Å²) in [5.74, 6) is 0.846. The van der Waals surface area contributed by atoms with E-state index in [0.717, 1.165) is 68.8 Å². The molecular weight excluding hydrogens is 647 g/mol. The van der Waals surface area contributed by atoms with E-state index in [-0.39, 0.29) is 6.04 Å². The van der Waals surface area contributed by atoms with E-state index in [1.54, 1.807) is 12.4 Å². The molecule has 0 N–H and O–H groups in total. The summed E-state index contributed by atoms with van der Waals surface area (Å²) in [6, 6.07) is 41.5. The van der Waals surface area contributed by atoms with E-state index in [4.69, 9.17) is 10.1 Å². The lowest BCUT2D eigenvalue weighted by Gasteiger charge is -2.36. The highest BCUT2D eigenvalue weighted by molar-refractivity contribution is 7.92. The van der Waals surface area contributed by atoms with Gasteiger partial charge in [-0.15, -0.1) is 11.3 Å². The third kappa shape index (κ3) is 5.62. The van der Waals surface area contributed by atoms with Gasteiger partial charge in [0.1, 0.15) is 21.9 Å². The Kier molecular flexibility index (Phi) is 8.09. The molecule has 4 heterocycles. The van der Waals surface area contributed by atoms with Gasteiger partial charge in [-0.3, -0.25) is 4.68 Å². The maximum Gasteiger partial charge on any atom is 0.184 e. The van der Waals surface area contributed by atoms with E-state index in [9.17, 15) is 8.42 Å². The van der Waals surface area contributed by atoms with Crippen LogP contribution in [0.25, 0.3) is 22.0 Å². The number of fused-ring (bicyclic) bond motifs is 1. The SMILES string of the molecule is CS(=O)(=O)c1ccc(C2C[CH]CCN2c2ncnc3ccc(-c4cnn(C(c5ccccc5)(c5ccccc5)c5ccccc5)c4)cc23)s1. The second kappa shape index (κ2) is 12.7. The Balaban J connectivity index is 1.25. The van der Waals surface area contributed by atoms with Crippen molar-refractivity contribution in [1.82, 2.24) is 19.7 Å². The molecule has 1 saturated heterocycles. The van der Waals surface area contributed by atoms with E-state index >= 15 is 0 Å². The van der Waals surface area contributed by atoms with Crippen LogP contribution in [-0.2, 0) is 15.4 Å². The first kappa shape index (κ1) is 31.2. The van der Waals surface area contributed by atoms with Crippen molar-refractivity contribution in [2.45, 2.75) is 28.6 Å². The molecule has 1 aliphatic rings. The van der Waals surface area contributed by atoms with Gasteiger partial charge in [0.2, 0.25) is 0 Å². The summed E-state index contributed by atoms with van der Waals surface area (Å²) < 4.78 is 27.1. The third-order valence-corrected chi connectivity index (χ3v) is 12.4. The summed E-state index contributed by atoms with van der Waals surface area (Å²) in [6.07, 6.45) is 11.0. The second-order valence-corrected chi connectivity index (χ2v) is 15.7. The molecule has 0 amide bonds. The average Bonchev–Trinajstić information content (AvgIpc) is 3.85. The zero-order chi connectivity index (χ0) is 33.4. The molecule has 4 aromatic carbocycles. The van der Waals surface area contributed by atoms with Crippen LogP contribution in [0.5, 0.6) is 0 Å². The van der Waals surface area contributed by atoms with Gasteiger partial charge in [-0.2, -0.15) is 5.10 Å². The van der Waals surface area contributed by atoms with Crippen molar-refractivity contribution < 1.29 is 8.42 Å². The lowest BCUT2D eigenvalue weighted by molar-refractivity contribution is 0.460. The average molecular weight is 681 g/mol. The van der Waals surface area contributed by atoms with Crippen molar-refractivity contribution in [2.24, 2.45) is 0 Å². The molecule has 3 aromatic heterocycles. The summed E-state index contributed by atoms with van der Waals surface area (Å²) >= 11 is 1.35. The molecule has 0 aliphatic carbocycles. The first-order valence-corrected chi connectivity index (χ1v) is 19.0. The number of nitrogens with zero attached hydrogens (tertiary/aromatic N) is 5. The fraction of sp³-hybridized carbons (Fsp3) is 0.150. The number of hydrogen-bond acceptors (Lipinski definition) is 7. The number of piperidine rings is 1. The fourth-order valence-corrected chi connectivity index (χ4v) is 9.14. The van der Waals surface area contributed by atoms with Crippen molar-refractivity contribution in [1.29, 1.82) is 0 Å². The largest absolute Gasteiger partial charge is 0.348 e. The Morgan fingerprint density at radius 2 is 1.43 bits per heavy atom. The van der Waals surface area contributed by atoms with Crippen molar-refractivity contribution in [2.75, 3.05) is 17.7 Å². The highest BCUT2D eigenvalue weighted by Gasteiger charge is 2.39. The van der Waals surface area contributed by atoms with Gasteiger partial charge in [0, 0.05) is 34.8 Å². The van der Waals surface area contributed by atoms with Crippen LogP contribution in [0.3, 0.4) is 0 Å². The van der Waals surface area contributed by atoms with Crippen LogP contribution in [0.2, 0.25) is 0 Å². The van der Waals surface area contributed by atoms with Crippen molar-refractivity contribution in [3.8, 4) is 11.1 Å². The number of sulfone groups is 1. The second-order valence-electron chi connectivity index (χ2n) is 12.4. The minimum Gasteiger partial charge on any atom is -0.348 e. The maximum atomic E-state index is 12.3. The van der Waals surface area contributed by atoms with E-state index in [2.05, 4.69) is 112 Å². The zero-order valence-corrected chi connectivity index (χ0v) is 28.6. The molecule has 1 fully saturated rings. The number of benzene rings is 4. The van der Waals surface area contributed by atoms with Gasteiger partial charge in [0.05, 0.1) is 17.8 Å². The van der Waals surface area contributed by atoms with Gasteiger partial charge >= 0.3 is 0 Å². The first-order valence-electron chi connectivity index (χ1n) is 16.3. The molecular formula is C40H34N5O2S2. The summed E-state index contributed by atoms with van der Waals surface area (Å²) in [5, 5.41) is 6.03. The van der Waals surface area contributed by atoms with E-state index in [0.29, 0.717) is 4.21 Å². The standard InChI is InChI=1S/C40H34N5O2S2/c1-49(46,47)38-23-22-37(48-38)36-19-11-12-24-44(36)39-34-25-29(20-21-35(34)41-28-42-39)30-26-43-45(27-30)40(31-13-5-2-6-14-31,32-15-7-3-8-16-32)33-17-9-4-10-18-33/h2-11,13-18,20-23,25-28,36H,12,19,24H2,1H3. The number of hydrogen-bond donors (Lipinski definition) is 0. The highest BCUT2D eigenvalue weighted by Crippen LogP contribution is 2.43. The quantitative estimate of drug-likeness (QED) is 0.150. The van der Waals surface area contributed by atoms with Gasteiger partial charge in [-0.25, -0.2) is 18.4 Å². The van der Waals surface area contributed by atoms with E-state index < -0.39 is 15.4 Å².